The Hall–Kier alpha value is -0.500. The zero-order valence-corrected chi connectivity index (χ0v) is 14.5. The van der Waals surface area contributed by atoms with Crippen LogP contribution in [0.5, 0.6) is 0 Å². The van der Waals surface area contributed by atoms with E-state index in [4.69, 9.17) is 17.6 Å². The van der Waals surface area contributed by atoms with Crippen LogP contribution < -0.4 is 0 Å². The summed E-state index contributed by atoms with van der Waals surface area (Å²) in [5, 5.41) is 7.72. The van der Waals surface area contributed by atoms with E-state index >= 15 is 0 Å². The van der Waals surface area contributed by atoms with E-state index < -0.39 is 0 Å². The van der Waals surface area contributed by atoms with Gasteiger partial charge < -0.3 is 5.41 Å². The maximum absolute atomic E-state index is 7.72. The van der Waals surface area contributed by atoms with Crippen molar-refractivity contribution in [3.8, 4) is 0 Å². The van der Waals surface area contributed by atoms with Crippen LogP contribution in [0.1, 0.15) is 78.6 Å². The third-order valence-corrected chi connectivity index (χ3v) is 4.37. The van der Waals surface area contributed by atoms with E-state index in [-0.39, 0.29) is 5.92 Å². The van der Waals surface area contributed by atoms with Crippen molar-refractivity contribution in [2.45, 2.75) is 78.6 Å². The molecular formula is C18H33NS. The Morgan fingerprint density at radius 2 is 1.80 bits per heavy atom. The number of hydrogen-bond donors (Lipinski definition) is 1. The molecule has 0 aliphatic heterocycles. The third-order valence-electron chi connectivity index (χ3n) is 4.00. The summed E-state index contributed by atoms with van der Waals surface area (Å²) in [7, 11) is 0. The average Bonchev–Trinajstić information content (AvgIpc) is 2.43. The number of nitrogens with one attached hydrogen (secondary N) is 1. The van der Waals surface area contributed by atoms with Gasteiger partial charge in [0.25, 0.3) is 0 Å². The van der Waals surface area contributed by atoms with Gasteiger partial charge in [0, 0.05) is 11.6 Å². The molecule has 0 aromatic carbocycles. The van der Waals surface area contributed by atoms with Crippen molar-refractivity contribution in [1.82, 2.24) is 0 Å². The molecule has 2 unspecified atom stereocenters. The molecule has 0 aromatic heterocycles. The highest BCUT2D eigenvalue weighted by atomic mass is 32.1. The molecule has 0 saturated carbocycles. The Kier molecular flexibility index (Phi) is 12.0. The fourth-order valence-electron chi connectivity index (χ4n) is 2.40. The fraction of sp³-hybridized carbons (Fsp3) is 0.778. The lowest BCUT2D eigenvalue weighted by Gasteiger charge is -2.14. The van der Waals surface area contributed by atoms with Gasteiger partial charge in [0.05, 0.1) is 0 Å². The van der Waals surface area contributed by atoms with Crippen LogP contribution in [0.2, 0.25) is 0 Å². The second-order valence-corrected chi connectivity index (χ2v) is 6.73. The first kappa shape index (κ1) is 19.5. The molecule has 0 radical (unpaired) electrons. The van der Waals surface area contributed by atoms with E-state index in [1.807, 2.05) is 0 Å². The van der Waals surface area contributed by atoms with Crippen molar-refractivity contribution in [3.05, 3.63) is 12.7 Å². The molecule has 1 nitrogen and oxygen atoms in total. The summed E-state index contributed by atoms with van der Waals surface area (Å²) in [6.07, 6.45) is 12.9. The molecule has 0 fully saturated rings. The Bertz CT molecular complexity index is 296. The van der Waals surface area contributed by atoms with Crippen molar-refractivity contribution in [2.24, 2.45) is 11.8 Å². The normalized spacial score (nSPS) is 13.8. The van der Waals surface area contributed by atoms with Crippen molar-refractivity contribution in [3.63, 3.8) is 0 Å². The minimum atomic E-state index is 0.226. The van der Waals surface area contributed by atoms with Gasteiger partial charge in [-0.1, -0.05) is 78.1 Å². The molecule has 0 aromatic rings. The molecule has 0 spiro atoms. The largest absolute Gasteiger partial charge is 0.305 e. The summed E-state index contributed by atoms with van der Waals surface area (Å²) < 4.78 is 0. The summed E-state index contributed by atoms with van der Waals surface area (Å²) >= 11 is 5.45. The Morgan fingerprint density at radius 1 is 1.15 bits per heavy atom. The standard InChI is InChI=1S/C18H33NS/c1-5-7-8-9-10-11-15(3)12-13-17(20)14-16(4)18(19)6-2/h6,15-16,19H,2,5,7-14H2,1,3-4H3. The van der Waals surface area contributed by atoms with Gasteiger partial charge in [0.15, 0.2) is 0 Å². The lowest BCUT2D eigenvalue weighted by Crippen LogP contribution is -2.12. The zero-order valence-electron chi connectivity index (χ0n) is 13.7. The van der Waals surface area contributed by atoms with Gasteiger partial charge in [-0.15, -0.1) is 0 Å². The van der Waals surface area contributed by atoms with E-state index in [2.05, 4.69) is 27.4 Å². The van der Waals surface area contributed by atoms with Crippen LogP contribution in [0.15, 0.2) is 12.7 Å². The molecule has 20 heavy (non-hydrogen) atoms. The monoisotopic (exact) mass is 295 g/mol. The fourth-order valence-corrected chi connectivity index (χ4v) is 2.77. The molecule has 0 bridgehead atoms. The Labute approximate surface area is 131 Å². The lowest BCUT2D eigenvalue weighted by atomic mass is 9.93. The van der Waals surface area contributed by atoms with Crippen LogP contribution >= 0.6 is 12.2 Å². The van der Waals surface area contributed by atoms with Crippen molar-refractivity contribution >= 4 is 22.8 Å². The highest BCUT2D eigenvalue weighted by molar-refractivity contribution is 7.80. The predicted octanol–water partition coefficient (Wildman–Crippen LogP) is 6.37. The summed E-state index contributed by atoms with van der Waals surface area (Å²) in [5.74, 6) is 1.01. The maximum atomic E-state index is 7.72. The predicted molar refractivity (Wildman–Crippen MR) is 96.1 cm³/mol. The zero-order chi connectivity index (χ0) is 15.4. The molecule has 2 heteroatoms. The molecule has 0 aliphatic carbocycles. The van der Waals surface area contributed by atoms with Gasteiger partial charge in [-0.2, -0.15) is 0 Å². The first-order chi connectivity index (χ1) is 9.51. The number of hydrogen-bond acceptors (Lipinski definition) is 2. The molecule has 1 N–H and O–H groups in total. The molecule has 0 heterocycles. The molecule has 0 saturated heterocycles. The second kappa shape index (κ2) is 12.3. The second-order valence-electron chi connectivity index (χ2n) is 6.15. The van der Waals surface area contributed by atoms with Gasteiger partial charge in [-0.05, 0) is 36.1 Å². The van der Waals surface area contributed by atoms with Gasteiger partial charge in [-0.3, -0.25) is 0 Å². The summed E-state index contributed by atoms with van der Waals surface area (Å²) in [5.41, 5.74) is 0.608. The average molecular weight is 296 g/mol. The van der Waals surface area contributed by atoms with Crippen LogP contribution in [0.4, 0.5) is 0 Å². The van der Waals surface area contributed by atoms with Crippen LogP contribution in [0.25, 0.3) is 0 Å². The number of unbranched alkanes of at least 4 members (excludes halogenated alkanes) is 4. The number of rotatable bonds is 13. The summed E-state index contributed by atoms with van der Waals surface area (Å²) in [4.78, 5) is 1.13. The van der Waals surface area contributed by atoms with E-state index in [1.54, 1.807) is 6.08 Å². The smallest absolute Gasteiger partial charge is 0.0339 e. The Morgan fingerprint density at radius 3 is 2.40 bits per heavy atom. The minimum absolute atomic E-state index is 0.226. The SMILES string of the molecule is C=CC(=N)C(C)CC(=S)CCC(C)CCCCCCC. The third kappa shape index (κ3) is 10.3. The van der Waals surface area contributed by atoms with Crippen LogP contribution in [-0.2, 0) is 0 Å². The van der Waals surface area contributed by atoms with E-state index in [0.29, 0.717) is 5.71 Å². The first-order valence-electron chi connectivity index (χ1n) is 8.23. The maximum Gasteiger partial charge on any atom is 0.0339 e. The highest BCUT2D eigenvalue weighted by Crippen LogP contribution is 2.18. The number of thiocarbonyl (C=S) groups is 1. The molecular weight excluding hydrogens is 262 g/mol. The van der Waals surface area contributed by atoms with Gasteiger partial charge >= 0.3 is 0 Å². The lowest BCUT2D eigenvalue weighted by molar-refractivity contribution is 0.464. The van der Waals surface area contributed by atoms with E-state index in [1.165, 1.54) is 44.9 Å². The van der Waals surface area contributed by atoms with E-state index in [9.17, 15) is 0 Å². The molecule has 0 aliphatic rings. The quantitative estimate of drug-likeness (QED) is 0.238. The number of allylic oxidation sites excluding steroid dienone is 1. The summed E-state index contributed by atoms with van der Waals surface area (Å²) in [6.45, 7) is 10.3. The molecule has 116 valence electrons. The van der Waals surface area contributed by atoms with Crippen molar-refractivity contribution < 1.29 is 0 Å². The van der Waals surface area contributed by atoms with E-state index in [0.717, 1.165) is 23.6 Å². The molecule has 2 atom stereocenters. The topological polar surface area (TPSA) is 23.9 Å². The van der Waals surface area contributed by atoms with Crippen molar-refractivity contribution in [1.29, 1.82) is 5.41 Å². The minimum Gasteiger partial charge on any atom is -0.305 e. The molecule has 0 amide bonds. The van der Waals surface area contributed by atoms with Crippen LogP contribution in [0.3, 0.4) is 0 Å². The van der Waals surface area contributed by atoms with Crippen LogP contribution in [-0.4, -0.2) is 10.6 Å². The highest BCUT2D eigenvalue weighted by Gasteiger charge is 2.10. The summed E-state index contributed by atoms with van der Waals surface area (Å²) in [6, 6.07) is 0. The van der Waals surface area contributed by atoms with Gasteiger partial charge in [0.2, 0.25) is 0 Å². The first-order valence-corrected chi connectivity index (χ1v) is 8.64. The van der Waals surface area contributed by atoms with Crippen LogP contribution in [0, 0.1) is 17.2 Å². The van der Waals surface area contributed by atoms with Gasteiger partial charge in [0.1, 0.15) is 0 Å². The van der Waals surface area contributed by atoms with Gasteiger partial charge in [-0.25, -0.2) is 0 Å². The van der Waals surface area contributed by atoms with Crippen molar-refractivity contribution in [2.75, 3.05) is 0 Å². The molecule has 0 rings (SSSR count). The Balaban J connectivity index is 3.67.